The third kappa shape index (κ3) is 4.19. The number of ether oxygens (including phenoxy) is 1. The Morgan fingerprint density at radius 3 is 2.68 bits per heavy atom. The second-order valence-corrected chi connectivity index (χ2v) is 7.80. The van der Waals surface area contributed by atoms with Crippen LogP contribution >= 0.6 is 11.3 Å². The Morgan fingerprint density at radius 2 is 1.96 bits per heavy atom. The Labute approximate surface area is 168 Å². The third-order valence-electron chi connectivity index (χ3n) is 4.87. The number of hydrazine groups is 1. The molecule has 7 nitrogen and oxygen atoms in total. The van der Waals surface area contributed by atoms with Crippen molar-refractivity contribution in [3.05, 3.63) is 41.5 Å². The van der Waals surface area contributed by atoms with E-state index in [9.17, 15) is 4.79 Å². The summed E-state index contributed by atoms with van der Waals surface area (Å²) in [6.45, 7) is 6.27. The maximum atomic E-state index is 12.5. The van der Waals surface area contributed by atoms with Gasteiger partial charge >= 0.3 is 0 Å². The lowest BCUT2D eigenvalue weighted by Gasteiger charge is -2.32. The molecule has 1 N–H and O–H groups in total. The first-order chi connectivity index (χ1) is 13.6. The van der Waals surface area contributed by atoms with E-state index in [1.807, 2.05) is 52.2 Å². The van der Waals surface area contributed by atoms with E-state index in [0.29, 0.717) is 13.0 Å². The standard InChI is InChI=1S/C20H25N5O2S/c1-3-27-17-6-4-15(5-7-17)18-13-25-16(14-28-20(25)21-18)12-19(26)22-24-10-8-23(2)9-11-24/h4-7,13-14H,3,8-12H2,1-2H3,(H,22,26). The van der Waals surface area contributed by atoms with E-state index < -0.39 is 0 Å². The lowest BCUT2D eigenvalue weighted by Crippen LogP contribution is -2.52. The zero-order valence-electron chi connectivity index (χ0n) is 16.2. The molecule has 0 atom stereocenters. The number of amides is 1. The average Bonchev–Trinajstić information content (AvgIpc) is 3.27. The molecule has 8 heteroatoms. The van der Waals surface area contributed by atoms with Gasteiger partial charge in [-0.2, -0.15) is 0 Å². The number of rotatable bonds is 6. The van der Waals surface area contributed by atoms with E-state index in [0.717, 1.165) is 53.8 Å². The summed E-state index contributed by atoms with van der Waals surface area (Å²) in [7, 11) is 2.10. The number of hydrogen-bond donors (Lipinski definition) is 1. The number of nitrogens with zero attached hydrogens (tertiary/aromatic N) is 4. The minimum absolute atomic E-state index is 0.0144. The summed E-state index contributed by atoms with van der Waals surface area (Å²) >= 11 is 1.56. The molecule has 3 aromatic rings. The fraction of sp³-hybridized carbons (Fsp3) is 0.400. The number of piperazine rings is 1. The van der Waals surface area contributed by atoms with Gasteiger partial charge in [0.25, 0.3) is 0 Å². The molecule has 0 unspecified atom stereocenters. The van der Waals surface area contributed by atoms with Crippen LogP contribution in [0.4, 0.5) is 0 Å². The van der Waals surface area contributed by atoms with Gasteiger partial charge < -0.3 is 9.64 Å². The van der Waals surface area contributed by atoms with Crippen LogP contribution in [0.15, 0.2) is 35.8 Å². The molecule has 148 valence electrons. The molecule has 4 rings (SSSR count). The first-order valence-corrected chi connectivity index (χ1v) is 10.4. The molecule has 1 aliphatic rings. The van der Waals surface area contributed by atoms with Gasteiger partial charge in [-0.15, -0.1) is 11.3 Å². The van der Waals surface area contributed by atoms with Gasteiger partial charge in [0.2, 0.25) is 5.91 Å². The van der Waals surface area contributed by atoms with E-state index >= 15 is 0 Å². The number of carbonyl (C=O) groups is 1. The molecule has 0 aliphatic carbocycles. The molecule has 0 bridgehead atoms. The van der Waals surface area contributed by atoms with Gasteiger partial charge in [0.15, 0.2) is 4.96 Å². The largest absolute Gasteiger partial charge is 0.494 e. The van der Waals surface area contributed by atoms with Gasteiger partial charge in [-0.3, -0.25) is 14.6 Å². The van der Waals surface area contributed by atoms with Gasteiger partial charge in [0.1, 0.15) is 5.75 Å². The molecule has 0 spiro atoms. The van der Waals surface area contributed by atoms with Gasteiger partial charge in [-0.05, 0) is 38.2 Å². The number of thiazole rings is 1. The highest BCUT2D eigenvalue weighted by molar-refractivity contribution is 7.15. The minimum atomic E-state index is 0.0144. The number of nitrogens with one attached hydrogen (secondary N) is 1. The van der Waals surface area contributed by atoms with Crippen molar-refractivity contribution in [3.63, 3.8) is 0 Å². The molecule has 3 heterocycles. The molecular weight excluding hydrogens is 374 g/mol. The van der Waals surface area contributed by atoms with Crippen LogP contribution in [0, 0.1) is 0 Å². The highest BCUT2D eigenvalue weighted by Gasteiger charge is 2.17. The normalized spacial score (nSPS) is 15.8. The van der Waals surface area contributed by atoms with Crippen LogP contribution in [-0.2, 0) is 11.2 Å². The van der Waals surface area contributed by atoms with Gasteiger partial charge in [-0.1, -0.05) is 0 Å². The summed E-state index contributed by atoms with van der Waals surface area (Å²) in [5, 5.41) is 4.01. The topological polar surface area (TPSA) is 62.1 Å². The molecule has 0 saturated carbocycles. The highest BCUT2D eigenvalue weighted by Crippen LogP contribution is 2.25. The number of imidazole rings is 1. The lowest BCUT2D eigenvalue weighted by atomic mass is 10.1. The first kappa shape index (κ1) is 18.9. The minimum Gasteiger partial charge on any atom is -0.494 e. The van der Waals surface area contributed by atoms with Crippen LogP contribution in [-0.4, -0.2) is 65.0 Å². The van der Waals surface area contributed by atoms with E-state index in [1.165, 1.54) is 0 Å². The molecule has 1 fully saturated rings. The maximum Gasteiger partial charge on any atom is 0.240 e. The molecule has 28 heavy (non-hydrogen) atoms. The van der Waals surface area contributed by atoms with E-state index in [-0.39, 0.29) is 5.91 Å². The third-order valence-corrected chi connectivity index (χ3v) is 5.76. The number of hydrogen-bond acceptors (Lipinski definition) is 6. The van der Waals surface area contributed by atoms with Gasteiger partial charge in [-0.25, -0.2) is 9.99 Å². The molecule has 2 aromatic heterocycles. The zero-order chi connectivity index (χ0) is 19.5. The van der Waals surface area contributed by atoms with Crippen LogP contribution in [0.25, 0.3) is 16.2 Å². The predicted molar refractivity (Wildman–Crippen MR) is 111 cm³/mol. The van der Waals surface area contributed by atoms with E-state index in [4.69, 9.17) is 9.72 Å². The summed E-state index contributed by atoms with van der Waals surface area (Å²) in [5.41, 5.74) is 5.91. The Kier molecular flexibility index (Phi) is 5.61. The number of fused-ring (bicyclic) bond motifs is 1. The van der Waals surface area contributed by atoms with Crippen molar-refractivity contribution in [2.75, 3.05) is 39.8 Å². The fourth-order valence-electron chi connectivity index (χ4n) is 3.28. The monoisotopic (exact) mass is 399 g/mol. The predicted octanol–water partition coefficient (Wildman–Crippen LogP) is 2.28. The Bertz CT molecular complexity index is 941. The van der Waals surface area contributed by atoms with Gasteiger partial charge in [0.05, 0.1) is 18.7 Å². The van der Waals surface area contributed by atoms with E-state index in [2.05, 4.69) is 17.4 Å². The number of likely N-dealkylation sites (N-methyl/N-ethyl adjacent to an activating group) is 1. The van der Waals surface area contributed by atoms with Crippen molar-refractivity contribution >= 4 is 22.2 Å². The lowest BCUT2D eigenvalue weighted by molar-refractivity contribution is -0.126. The molecular formula is C20H25N5O2S. The van der Waals surface area contributed by atoms with Crippen molar-refractivity contribution < 1.29 is 9.53 Å². The quantitative estimate of drug-likeness (QED) is 0.689. The summed E-state index contributed by atoms with van der Waals surface area (Å²) in [6.07, 6.45) is 2.34. The summed E-state index contributed by atoms with van der Waals surface area (Å²) in [5.74, 6) is 0.870. The summed E-state index contributed by atoms with van der Waals surface area (Å²) in [4.78, 5) is 20.3. The van der Waals surface area contributed by atoms with Crippen molar-refractivity contribution in [1.29, 1.82) is 0 Å². The van der Waals surface area contributed by atoms with Crippen LogP contribution in [0.2, 0.25) is 0 Å². The van der Waals surface area contributed by atoms with Crippen molar-refractivity contribution in [1.82, 2.24) is 24.7 Å². The average molecular weight is 400 g/mol. The fourth-order valence-corrected chi connectivity index (χ4v) is 4.16. The molecule has 1 aliphatic heterocycles. The molecule has 1 aromatic carbocycles. The second kappa shape index (κ2) is 8.30. The smallest absolute Gasteiger partial charge is 0.240 e. The number of benzene rings is 1. The molecule has 1 amide bonds. The molecule has 1 saturated heterocycles. The van der Waals surface area contributed by atoms with Crippen molar-refractivity contribution in [3.8, 4) is 17.0 Å². The van der Waals surface area contributed by atoms with Gasteiger partial charge in [0, 0.05) is 49.0 Å². The van der Waals surface area contributed by atoms with Crippen LogP contribution in [0.1, 0.15) is 12.6 Å². The van der Waals surface area contributed by atoms with Crippen molar-refractivity contribution in [2.24, 2.45) is 0 Å². The Morgan fingerprint density at radius 1 is 1.21 bits per heavy atom. The number of carbonyl (C=O) groups excluding carboxylic acids is 1. The summed E-state index contributed by atoms with van der Waals surface area (Å²) < 4.78 is 7.51. The molecule has 0 radical (unpaired) electrons. The van der Waals surface area contributed by atoms with E-state index in [1.54, 1.807) is 11.3 Å². The number of aromatic nitrogens is 2. The highest BCUT2D eigenvalue weighted by atomic mass is 32.1. The SMILES string of the molecule is CCOc1ccc(-c2cn3c(CC(=O)NN4CCN(C)CC4)csc3n2)cc1. The van der Waals surface area contributed by atoms with Crippen LogP contribution in [0.3, 0.4) is 0 Å². The van der Waals surface area contributed by atoms with Crippen LogP contribution < -0.4 is 10.2 Å². The second-order valence-electron chi connectivity index (χ2n) is 6.97. The summed E-state index contributed by atoms with van der Waals surface area (Å²) in [6, 6.07) is 7.93. The Balaban J connectivity index is 1.44. The Hall–Kier alpha value is -2.42. The van der Waals surface area contributed by atoms with Crippen molar-refractivity contribution in [2.45, 2.75) is 13.3 Å². The maximum absolute atomic E-state index is 12.5. The van der Waals surface area contributed by atoms with Crippen LogP contribution in [0.5, 0.6) is 5.75 Å². The zero-order valence-corrected chi connectivity index (χ0v) is 17.0. The first-order valence-electron chi connectivity index (χ1n) is 9.54.